The van der Waals surface area contributed by atoms with E-state index in [0.29, 0.717) is 0 Å². The molecule has 0 spiro atoms. The second-order valence-electron chi connectivity index (χ2n) is 3.37. The van der Waals surface area contributed by atoms with Crippen molar-refractivity contribution in [1.82, 2.24) is 14.0 Å². The topological polar surface area (TPSA) is 35.7 Å². The van der Waals surface area contributed by atoms with Crippen LogP contribution in [0.25, 0.3) is 0 Å². The van der Waals surface area contributed by atoms with E-state index < -0.39 is 7.87 Å². The largest absolute Gasteiger partial charge is 0.147 e. The Morgan fingerprint density at radius 1 is 0.750 bits per heavy atom. The van der Waals surface area contributed by atoms with Crippen LogP contribution in [-0.4, -0.2) is 56.3 Å². The van der Waals surface area contributed by atoms with E-state index in [1.807, 2.05) is 42.3 Å². The molecule has 0 saturated carbocycles. The van der Waals surface area contributed by atoms with Crippen molar-refractivity contribution in [1.29, 1.82) is 0 Å². The molecule has 6 heteroatoms. The monoisotopic (exact) mass is 216 g/mol. The van der Waals surface area contributed by atoms with Gasteiger partial charge in [0.15, 0.2) is 0 Å². The summed E-state index contributed by atoms with van der Waals surface area (Å²) in [5.41, 5.74) is 6.24. The predicted molar refractivity (Wildman–Crippen MR) is 60.8 cm³/mol. The third-order valence-electron chi connectivity index (χ3n) is 1.97. The quantitative estimate of drug-likeness (QED) is 0.696. The molecule has 78 valence electrons. The minimum absolute atomic E-state index is 0. The van der Waals surface area contributed by atoms with Crippen molar-refractivity contribution in [3.8, 4) is 0 Å². The van der Waals surface area contributed by atoms with E-state index in [2.05, 4.69) is 14.0 Å². The molecule has 0 rings (SSSR count). The summed E-state index contributed by atoms with van der Waals surface area (Å²) in [7, 11) is 10.1. The van der Waals surface area contributed by atoms with E-state index in [1.165, 1.54) is 0 Å². The minimum atomic E-state index is -1.98. The third-order valence-corrected chi connectivity index (χ3v) is 5.92. The van der Waals surface area contributed by atoms with Gasteiger partial charge in [0, 0.05) is 0 Å². The fourth-order valence-electron chi connectivity index (χ4n) is 1.20. The first-order chi connectivity index (χ1) is 4.83. The Balaban J connectivity index is 0. The maximum absolute atomic E-state index is 6.24. The summed E-state index contributed by atoms with van der Waals surface area (Å²) in [4.78, 5) is 0. The molecule has 4 nitrogen and oxygen atoms in total. The van der Waals surface area contributed by atoms with Gasteiger partial charge in [0.25, 0.3) is 0 Å². The molecule has 0 fully saturated rings. The molecular weight excluding hydrogens is 195 g/mol. The molecule has 0 aromatic rings. The summed E-state index contributed by atoms with van der Waals surface area (Å²) in [5.74, 6) is 0. The minimum Gasteiger partial charge on any atom is -0.147 e. The molecule has 0 aromatic heterocycles. The molecule has 0 unspecified atom stereocenters. The first-order valence-electron chi connectivity index (χ1n) is 3.64. The van der Waals surface area contributed by atoms with Crippen LogP contribution in [-0.2, 0) is 0 Å². The fourth-order valence-corrected chi connectivity index (χ4v) is 3.60. The van der Waals surface area contributed by atoms with Crippen LogP contribution in [0, 0.1) is 0 Å². The Kier molecular flexibility index (Phi) is 6.68. The van der Waals surface area contributed by atoms with Crippen LogP contribution in [0.5, 0.6) is 0 Å². The second-order valence-corrected chi connectivity index (χ2v) is 7.43. The van der Waals surface area contributed by atoms with E-state index in [0.717, 1.165) is 0 Å². The predicted octanol–water partition coefficient (Wildman–Crippen LogP) is 0.462. The van der Waals surface area contributed by atoms with Crippen LogP contribution in [0.3, 0.4) is 0 Å². The molecular formula is C6H22ClN4P. The molecule has 0 aliphatic rings. The molecule has 0 aromatic carbocycles. The average Bonchev–Trinajstić information content (AvgIpc) is 1.84. The van der Waals surface area contributed by atoms with Crippen molar-refractivity contribution < 1.29 is 0 Å². The summed E-state index contributed by atoms with van der Waals surface area (Å²) < 4.78 is 6.31. The van der Waals surface area contributed by atoms with Crippen molar-refractivity contribution >= 4 is 20.3 Å². The van der Waals surface area contributed by atoms with Gasteiger partial charge in [-0.2, -0.15) is 0 Å². The van der Waals surface area contributed by atoms with E-state index >= 15 is 0 Å². The van der Waals surface area contributed by atoms with Gasteiger partial charge in [0.05, 0.1) is 0 Å². The van der Waals surface area contributed by atoms with Gasteiger partial charge in [-0.05, 0) is 0 Å². The molecule has 0 saturated heterocycles. The molecule has 0 aliphatic carbocycles. The van der Waals surface area contributed by atoms with Gasteiger partial charge in [-0.1, -0.05) is 0 Å². The van der Waals surface area contributed by atoms with Crippen molar-refractivity contribution in [2.24, 2.45) is 5.50 Å². The molecule has 0 atom stereocenters. The fraction of sp³-hybridized carbons (Fsp3) is 1.00. The SMILES string of the molecule is CN(C)[PH](N)(N(C)C)N(C)C.Cl. The molecule has 0 bridgehead atoms. The van der Waals surface area contributed by atoms with E-state index in [9.17, 15) is 0 Å². The van der Waals surface area contributed by atoms with Crippen molar-refractivity contribution in [2.75, 3.05) is 42.3 Å². The summed E-state index contributed by atoms with van der Waals surface area (Å²) in [5, 5.41) is 0. The van der Waals surface area contributed by atoms with E-state index in [4.69, 9.17) is 5.50 Å². The summed E-state index contributed by atoms with van der Waals surface area (Å²) in [6.45, 7) is 0. The number of nitrogens with two attached hydrogens (primary N) is 1. The van der Waals surface area contributed by atoms with Gasteiger partial charge in [0.2, 0.25) is 0 Å². The van der Waals surface area contributed by atoms with Gasteiger partial charge in [-0.15, -0.1) is 12.4 Å². The molecule has 0 heterocycles. The summed E-state index contributed by atoms with van der Waals surface area (Å²) in [6, 6.07) is 0. The Hall–Kier alpha value is 0.560. The van der Waals surface area contributed by atoms with Gasteiger partial charge >= 0.3 is 69.7 Å². The van der Waals surface area contributed by atoms with Gasteiger partial charge in [-0.3, -0.25) is 0 Å². The van der Waals surface area contributed by atoms with Gasteiger partial charge in [0.1, 0.15) is 0 Å². The van der Waals surface area contributed by atoms with Crippen molar-refractivity contribution in [3.05, 3.63) is 0 Å². The van der Waals surface area contributed by atoms with Crippen molar-refractivity contribution in [3.63, 3.8) is 0 Å². The van der Waals surface area contributed by atoms with Crippen LogP contribution in [0.1, 0.15) is 0 Å². The van der Waals surface area contributed by atoms with Crippen LogP contribution >= 0.6 is 20.3 Å². The molecule has 0 amide bonds. The van der Waals surface area contributed by atoms with E-state index in [1.54, 1.807) is 0 Å². The average molecular weight is 217 g/mol. The Bertz CT molecular complexity index is 107. The maximum atomic E-state index is 6.24. The molecule has 0 aliphatic heterocycles. The number of nitrogens with zero attached hydrogens (tertiary/aromatic N) is 3. The normalized spacial score (nSPS) is 13.8. The Labute approximate surface area is 82.6 Å². The van der Waals surface area contributed by atoms with Crippen LogP contribution in [0.4, 0.5) is 0 Å². The number of halogens is 1. The maximum Gasteiger partial charge on any atom is -0.147 e. The smallest absolute Gasteiger partial charge is 0.147 e. The number of hydrogen-bond donors (Lipinski definition) is 1. The zero-order valence-electron chi connectivity index (χ0n) is 8.83. The first-order valence-corrected chi connectivity index (χ1v) is 5.56. The Morgan fingerprint density at radius 3 is 0.917 bits per heavy atom. The van der Waals surface area contributed by atoms with E-state index in [-0.39, 0.29) is 12.4 Å². The number of hydrogen-bond acceptors (Lipinski definition) is 4. The van der Waals surface area contributed by atoms with Crippen LogP contribution in [0.2, 0.25) is 0 Å². The van der Waals surface area contributed by atoms with Crippen molar-refractivity contribution in [2.45, 2.75) is 0 Å². The third kappa shape index (κ3) is 2.80. The zero-order chi connectivity index (χ0) is 9.23. The molecule has 12 heavy (non-hydrogen) atoms. The standard InChI is InChI=1S/C6H21N4P.ClH/c1-8(2)11(7,9(3)4)10(5)6;/h11H,7H2,1-6H3;1H. The Morgan fingerprint density at radius 2 is 0.917 bits per heavy atom. The summed E-state index contributed by atoms with van der Waals surface area (Å²) in [6.07, 6.45) is 0. The number of rotatable bonds is 3. The van der Waals surface area contributed by atoms with Gasteiger partial charge < -0.3 is 0 Å². The summed E-state index contributed by atoms with van der Waals surface area (Å²) >= 11 is 0. The molecule has 0 radical (unpaired) electrons. The van der Waals surface area contributed by atoms with Gasteiger partial charge in [-0.25, -0.2) is 0 Å². The van der Waals surface area contributed by atoms with Crippen LogP contribution in [0.15, 0.2) is 0 Å². The van der Waals surface area contributed by atoms with Crippen LogP contribution < -0.4 is 5.50 Å². The molecule has 2 N–H and O–H groups in total. The first kappa shape index (κ1) is 15.1. The second kappa shape index (κ2) is 5.32. The zero-order valence-corrected chi connectivity index (χ0v) is 10.6.